The van der Waals surface area contributed by atoms with Crippen LogP contribution in [0.2, 0.25) is 0 Å². The second-order valence-corrected chi connectivity index (χ2v) is 9.48. The first-order valence-corrected chi connectivity index (χ1v) is 11.3. The molecule has 0 radical (unpaired) electrons. The number of aryl methyl sites for hydroxylation is 1. The molecule has 1 aliphatic heterocycles. The van der Waals surface area contributed by atoms with Gasteiger partial charge >= 0.3 is 5.97 Å². The van der Waals surface area contributed by atoms with Crippen molar-refractivity contribution in [3.8, 4) is 11.3 Å². The fourth-order valence-electron chi connectivity index (χ4n) is 4.18. The van der Waals surface area contributed by atoms with Gasteiger partial charge < -0.3 is 14.9 Å². The van der Waals surface area contributed by atoms with Crippen molar-refractivity contribution in [1.29, 1.82) is 0 Å². The summed E-state index contributed by atoms with van der Waals surface area (Å²) >= 11 is 0. The minimum atomic E-state index is -0.832. The second-order valence-electron chi connectivity index (χ2n) is 9.48. The van der Waals surface area contributed by atoms with E-state index in [0.29, 0.717) is 5.41 Å². The van der Waals surface area contributed by atoms with Crippen LogP contribution in [-0.2, 0) is 11.2 Å². The lowest BCUT2D eigenvalue weighted by Gasteiger charge is -2.40. The third-order valence-corrected chi connectivity index (χ3v) is 6.44. The van der Waals surface area contributed by atoms with Crippen LogP contribution in [-0.4, -0.2) is 47.7 Å². The summed E-state index contributed by atoms with van der Waals surface area (Å²) in [5, 5.41) is 9.56. The lowest BCUT2D eigenvalue weighted by Crippen LogP contribution is -2.38. The fraction of sp³-hybridized carbons (Fsp3) is 0.560. The van der Waals surface area contributed by atoms with E-state index in [1.807, 2.05) is 25.4 Å². The van der Waals surface area contributed by atoms with Crippen LogP contribution < -0.4 is 9.80 Å². The van der Waals surface area contributed by atoms with Crippen LogP contribution in [0.3, 0.4) is 0 Å². The van der Waals surface area contributed by atoms with Crippen LogP contribution in [0.4, 0.5) is 11.4 Å². The van der Waals surface area contributed by atoms with Crippen LogP contribution in [0.15, 0.2) is 24.5 Å². The zero-order valence-electron chi connectivity index (χ0n) is 19.6. The van der Waals surface area contributed by atoms with Gasteiger partial charge in [0.05, 0.1) is 29.7 Å². The SMILES string of the molecule is CCCCN(C)c1ccc(-c2cnc(C)c(CC(=O)O)c2N2CCC(C)(C)CC2)nc1. The molecule has 168 valence electrons. The average molecular weight is 425 g/mol. The molecule has 0 aromatic carbocycles. The molecule has 0 atom stereocenters. The highest BCUT2D eigenvalue weighted by Crippen LogP contribution is 2.39. The van der Waals surface area contributed by atoms with E-state index < -0.39 is 5.97 Å². The number of carboxylic acids is 1. The molecule has 1 saturated heterocycles. The zero-order chi connectivity index (χ0) is 22.6. The molecule has 6 heteroatoms. The summed E-state index contributed by atoms with van der Waals surface area (Å²) in [4.78, 5) is 25.5. The van der Waals surface area contributed by atoms with Gasteiger partial charge in [0, 0.05) is 49.7 Å². The number of pyridine rings is 2. The normalized spacial score (nSPS) is 15.7. The molecule has 2 aromatic rings. The lowest BCUT2D eigenvalue weighted by molar-refractivity contribution is -0.136. The zero-order valence-corrected chi connectivity index (χ0v) is 19.6. The predicted molar refractivity (Wildman–Crippen MR) is 127 cm³/mol. The Morgan fingerprint density at radius 2 is 1.90 bits per heavy atom. The number of unbranched alkanes of at least 4 members (excludes halogenated alkanes) is 1. The highest BCUT2D eigenvalue weighted by Gasteiger charge is 2.29. The van der Waals surface area contributed by atoms with E-state index in [9.17, 15) is 9.90 Å². The van der Waals surface area contributed by atoms with Crippen molar-refractivity contribution in [2.75, 3.05) is 36.5 Å². The van der Waals surface area contributed by atoms with E-state index in [1.165, 1.54) is 0 Å². The Morgan fingerprint density at radius 3 is 2.48 bits per heavy atom. The monoisotopic (exact) mass is 424 g/mol. The van der Waals surface area contributed by atoms with Gasteiger partial charge in [0.2, 0.25) is 0 Å². The molecule has 3 rings (SSSR count). The number of aliphatic carboxylic acids is 1. The first-order chi connectivity index (χ1) is 14.7. The quantitative estimate of drug-likeness (QED) is 0.647. The van der Waals surface area contributed by atoms with Crippen molar-refractivity contribution in [3.05, 3.63) is 35.8 Å². The van der Waals surface area contributed by atoms with Crippen molar-refractivity contribution >= 4 is 17.3 Å². The highest BCUT2D eigenvalue weighted by molar-refractivity contribution is 5.83. The molecule has 1 fully saturated rings. The van der Waals surface area contributed by atoms with Crippen LogP contribution in [0.1, 0.15) is 57.7 Å². The van der Waals surface area contributed by atoms with Crippen LogP contribution >= 0.6 is 0 Å². The first-order valence-electron chi connectivity index (χ1n) is 11.3. The maximum Gasteiger partial charge on any atom is 0.307 e. The van der Waals surface area contributed by atoms with E-state index >= 15 is 0 Å². The van der Waals surface area contributed by atoms with E-state index in [0.717, 1.165) is 79.2 Å². The molecule has 0 spiro atoms. The average Bonchev–Trinajstić information content (AvgIpc) is 2.73. The van der Waals surface area contributed by atoms with Gasteiger partial charge in [0.25, 0.3) is 0 Å². The summed E-state index contributed by atoms with van der Waals surface area (Å²) < 4.78 is 0. The summed E-state index contributed by atoms with van der Waals surface area (Å²) in [6.45, 7) is 11.5. The highest BCUT2D eigenvalue weighted by atomic mass is 16.4. The molecular formula is C25H36N4O2. The van der Waals surface area contributed by atoms with Gasteiger partial charge in [0.1, 0.15) is 0 Å². The number of rotatable bonds is 8. The van der Waals surface area contributed by atoms with Gasteiger partial charge in [-0.1, -0.05) is 27.2 Å². The Balaban J connectivity index is 2.00. The number of hydrogen-bond acceptors (Lipinski definition) is 5. The summed E-state index contributed by atoms with van der Waals surface area (Å²) in [6, 6.07) is 4.13. The van der Waals surface area contributed by atoms with Crippen molar-refractivity contribution in [1.82, 2.24) is 9.97 Å². The molecule has 6 nitrogen and oxygen atoms in total. The maximum absolute atomic E-state index is 11.6. The smallest absolute Gasteiger partial charge is 0.307 e. The van der Waals surface area contributed by atoms with Crippen LogP contribution in [0.5, 0.6) is 0 Å². The lowest BCUT2D eigenvalue weighted by atomic mass is 9.82. The maximum atomic E-state index is 11.6. The number of carboxylic acid groups (broad SMARTS) is 1. The number of nitrogens with zero attached hydrogens (tertiary/aromatic N) is 4. The molecular weight excluding hydrogens is 388 g/mol. The minimum Gasteiger partial charge on any atom is -0.481 e. The largest absolute Gasteiger partial charge is 0.481 e. The molecule has 0 unspecified atom stereocenters. The number of carbonyl (C=O) groups is 1. The van der Waals surface area contributed by atoms with Gasteiger partial charge in [-0.05, 0) is 43.7 Å². The fourth-order valence-corrected chi connectivity index (χ4v) is 4.18. The summed E-state index contributed by atoms with van der Waals surface area (Å²) in [6.07, 6.45) is 8.20. The van der Waals surface area contributed by atoms with Gasteiger partial charge in [0.15, 0.2) is 0 Å². The number of anilines is 2. The predicted octanol–water partition coefficient (Wildman–Crippen LogP) is 4.94. The Labute approximate surface area is 186 Å². The van der Waals surface area contributed by atoms with Gasteiger partial charge in [-0.15, -0.1) is 0 Å². The van der Waals surface area contributed by atoms with Crippen molar-refractivity contribution < 1.29 is 9.90 Å². The molecule has 0 saturated carbocycles. The minimum absolute atomic E-state index is 0.0280. The summed E-state index contributed by atoms with van der Waals surface area (Å²) in [5.74, 6) is -0.832. The third-order valence-electron chi connectivity index (χ3n) is 6.44. The number of piperidine rings is 1. The van der Waals surface area contributed by atoms with E-state index in [2.05, 4.69) is 48.7 Å². The summed E-state index contributed by atoms with van der Waals surface area (Å²) in [7, 11) is 2.09. The van der Waals surface area contributed by atoms with Gasteiger partial charge in [-0.25, -0.2) is 0 Å². The third kappa shape index (κ3) is 5.54. The number of hydrogen-bond donors (Lipinski definition) is 1. The van der Waals surface area contributed by atoms with Crippen molar-refractivity contribution in [2.45, 2.75) is 59.8 Å². The Hall–Kier alpha value is -2.63. The standard InChI is InChI=1S/C25H36N4O2/c1-6-7-12-28(5)19-8-9-22(27-16-19)21-17-26-18(2)20(15-23(30)31)24(21)29-13-10-25(3,4)11-14-29/h8-9,16-17H,6-7,10-15H2,1-5H3,(H,30,31). The molecule has 0 bridgehead atoms. The molecule has 1 aliphatic rings. The second kappa shape index (κ2) is 9.67. The molecule has 2 aromatic heterocycles. The molecule has 1 N–H and O–H groups in total. The number of aromatic nitrogens is 2. The van der Waals surface area contributed by atoms with Crippen molar-refractivity contribution in [2.24, 2.45) is 5.41 Å². The molecule has 3 heterocycles. The van der Waals surface area contributed by atoms with Crippen molar-refractivity contribution in [3.63, 3.8) is 0 Å². The topological polar surface area (TPSA) is 69.6 Å². The van der Waals surface area contributed by atoms with E-state index in [4.69, 9.17) is 4.98 Å². The molecule has 0 aliphatic carbocycles. The van der Waals surface area contributed by atoms with Gasteiger partial charge in [-0.3, -0.25) is 14.8 Å². The molecule has 0 amide bonds. The summed E-state index contributed by atoms with van der Waals surface area (Å²) in [5.41, 5.74) is 5.73. The Morgan fingerprint density at radius 1 is 1.19 bits per heavy atom. The van der Waals surface area contributed by atoms with Crippen LogP contribution in [0.25, 0.3) is 11.3 Å². The van der Waals surface area contributed by atoms with E-state index in [1.54, 1.807) is 0 Å². The molecule has 31 heavy (non-hydrogen) atoms. The van der Waals surface area contributed by atoms with Gasteiger partial charge in [-0.2, -0.15) is 0 Å². The van der Waals surface area contributed by atoms with Crippen LogP contribution in [0, 0.1) is 12.3 Å². The Bertz CT molecular complexity index is 898. The Kier molecular flexibility index (Phi) is 7.19. The first kappa shape index (κ1) is 23.0. The van der Waals surface area contributed by atoms with E-state index in [-0.39, 0.29) is 6.42 Å².